The highest BCUT2D eigenvalue weighted by molar-refractivity contribution is 8.01. The molecule has 0 amide bonds. The van der Waals surface area contributed by atoms with Crippen LogP contribution in [0, 0.1) is 5.75 Å². The molecule has 1 aliphatic rings. The summed E-state index contributed by atoms with van der Waals surface area (Å²) in [7, 11) is 0. The molecular formula is C9H7S. The first kappa shape index (κ1) is 6.05. The van der Waals surface area contributed by atoms with Crippen LogP contribution in [0.25, 0.3) is 6.08 Å². The number of fused-ring (bicyclic) bond motifs is 1. The maximum atomic E-state index is 2.14. The van der Waals surface area contributed by atoms with E-state index >= 15 is 0 Å². The van der Waals surface area contributed by atoms with Crippen molar-refractivity contribution in [3.8, 4) is 0 Å². The van der Waals surface area contributed by atoms with Gasteiger partial charge in [0.2, 0.25) is 0 Å². The molecule has 1 heterocycles. The smallest absolute Gasteiger partial charge is 0.0435 e. The van der Waals surface area contributed by atoms with Gasteiger partial charge in [0, 0.05) is 10.6 Å². The molecule has 0 bridgehead atoms. The Labute approximate surface area is 65.0 Å². The standard InChI is InChI=1S/C9H7S/c1-2-6-9-8(4-1)5-3-7-10-9/h1-7H. The zero-order valence-electron chi connectivity index (χ0n) is 5.45. The normalized spacial score (nSPS) is 14.8. The van der Waals surface area contributed by atoms with Crippen molar-refractivity contribution in [2.75, 3.05) is 0 Å². The van der Waals surface area contributed by atoms with E-state index in [0.717, 1.165) is 0 Å². The van der Waals surface area contributed by atoms with Gasteiger partial charge in [0.05, 0.1) is 0 Å². The molecule has 0 unspecified atom stereocenters. The van der Waals surface area contributed by atoms with Crippen molar-refractivity contribution in [3.63, 3.8) is 0 Å². The van der Waals surface area contributed by atoms with Crippen LogP contribution in [0.4, 0.5) is 0 Å². The van der Waals surface area contributed by atoms with E-state index in [4.69, 9.17) is 0 Å². The number of hydrogen-bond acceptors (Lipinski definition) is 1. The Hall–Kier alpha value is -0.690. The van der Waals surface area contributed by atoms with Crippen molar-refractivity contribution in [1.82, 2.24) is 0 Å². The molecule has 0 saturated heterocycles. The summed E-state index contributed by atoms with van der Waals surface area (Å²) in [5.41, 5.74) is 1.33. The molecule has 1 aromatic carbocycles. The molecule has 0 nitrogen and oxygen atoms in total. The molecule has 10 heavy (non-hydrogen) atoms. The minimum absolute atomic E-state index is 1.33. The predicted octanol–water partition coefficient (Wildman–Crippen LogP) is 2.97. The van der Waals surface area contributed by atoms with Crippen LogP contribution in [0.1, 0.15) is 5.56 Å². The lowest BCUT2D eigenvalue weighted by atomic mass is 10.2. The molecule has 0 fully saturated rings. The van der Waals surface area contributed by atoms with Gasteiger partial charge in [-0.1, -0.05) is 30.4 Å². The van der Waals surface area contributed by atoms with Gasteiger partial charge in [-0.05, 0) is 11.6 Å². The van der Waals surface area contributed by atoms with Gasteiger partial charge in [-0.15, -0.1) is 11.8 Å². The van der Waals surface area contributed by atoms with Crippen molar-refractivity contribution in [3.05, 3.63) is 41.7 Å². The van der Waals surface area contributed by atoms with Crippen LogP contribution in [0.5, 0.6) is 0 Å². The van der Waals surface area contributed by atoms with Gasteiger partial charge in [-0.2, -0.15) is 0 Å². The van der Waals surface area contributed by atoms with Gasteiger partial charge >= 0.3 is 0 Å². The molecule has 1 aromatic rings. The minimum Gasteiger partial charge on any atom is -0.116 e. The highest BCUT2D eigenvalue weighted by atomic mass is 32.2. The highest BCUT2D eigenvalue weighted by Crippen LogP contribution is 2.30. The van der Waals surface area contributed by atoms with Crippen molar-refractivity contribution in [2.45, 2.75) is 4.90 Å². The second-order valence-electron chi connectivity index (χ2n) is 2.15. The van der Waals surface area contributed by atoms with Crippen LogP contribution in [0.2, 0.25) is 0 Å². The fourth-order valence-electron chi connectivity index (χ4n) is 0.981. The Morgan fingerprint density at radius 1 is 1.10 bits per heavy atom. The first-order valence-corrected chi connectivity index (χ1v) is 4.10. The quantitative estimate of drug-likeness (QED) is 0.543. The van der Waals surface area contributed by atoms with Crippen molar-refractivity contribution < 1.29 is 0 Å². The summed E-state index contributed by atoms with van der Waals surface area (Å²) in [4.78, 5) is 1.35. The van der Waals surface area contributed by atoms with Gasteiger partial charge in [0.1, 0.15) is 0 Å². The molecule has 49 valence electrons. The van der Waals surface area contributed by atoms with E-state index in [1.165, 1.54) is 10.5 Å². The van der Waals surface area contributed by atoms with E-state index in [9.17, 15) is 0 Å². The Bertz CT molecular complexity index is 263. The summed E-state index contributed by atoms with van der Waals surface area (Å²) >= 11 is 1.78. The molecule has 0 N–H and O–H groups in total. The lowest BCUT2D eigenvalue weighted by molar-refractivity contribution is 1.42. The maximum Gasteiger partial charge on any atom is 0.0435 e. The summed E-state index contributed by atoms with van der Waals surface area (Å²) in [5.74, 6) is 2.10. The summed E-state index contributed by atoms with van der Waals surface area (Å²) in [6.45, 7) is 0. The molecule has 0 aliphatic carbocycles. The van der Waals surface area contributed by atoms with Gasteiger partial charge in [0.25, 0.3) is 0 Å². The van der Waals surface area contributed by atoms with Crippen molar-refractivity contribution in [1.29, 1.82) is 0 Å². The second kappa shape index (κ2) is 2.51. The third kappa shape index (κ3) is 0.971. The van der Waals surface area contributed by atoms with E-state index in [-0.39, 0.29) is 0 Å². The Morgan fingerprint density at radius 2 is 2.00 bits per heavy atom. The Balaban J connectivity index is 2.54. The fraction of sp³-hybridized carbons (Fsp3) is 0. The number of thioether (sulfide) groups is 1. The Kier molecular flexibility index (Phi) is 1.52. The monoisotopic (exact) mass is 147 g/mol. The van der Waals surface area contributed by atoms with E-state index in [0.29, 0.717) is 0 Å². The molecule has 2 rings (SSSR count). The second-order valence-corrected chi connectivity index (χ2v) is 3.10. The summed E-state index contributed by atoms with van der Waals surface area (Å²) < 4.78 is 0. The van der Waals surface area contributed by atoms with Crippen LogP contribution in [0.3, 0.4) is 0 Å². The van der Waals surface area contributed by atoms with Gasteiger partial charge in [-0.25, -0.2) is 0 Å². The zero-order valence-corrected chi connectivity index (χ0v) is 6.27. The SMILES string of the molecule is [CH]1C=Cc2ccccc2S1. The molecule has 1 heteroatoms. The van der Waals surface area contributed by atoms with Gasteiger partial charge < -0.3 is 0 Å². The fourth-order valence-corrected chi connectivity index (χ4v) is 1.71. The van der Waals surface area contributed by atoms with Crippen LogP contribution in [0.15, 0.2) is 35.2 Å². The van der Waals surface area contributed by atoms with Crippen LogP contribution in [-0.2, 0) is 0 Å². The van der Waals surface area contributed by atoms with E-state index in [1.54, 1.807) is 11.8 Å². The minimum atomic E-state index is 1.33. The van der Waals surface area contributed by atoms with Crippen molar-refractivity contribution in [2.24, 2.45) is 0 Å². The number of hydrogen-bond donors (Lipinski definition) is 0. The number of rotatable bonds is 0. The van der Waals surface area contributed by atoms with Gasteiger partial charge in [0.15, 0.2) is 0 Å². The average Bonchev–Trinajstić information content (AvgIpc) is 2.05. The molecule has 0 aromatic heterocycles. The molecule has 1 aliphatic heterocycles. The Morgan fingerprint density at radius 3 is 2.90 bits per heavy atom. The topological polar surface area (TPSA) is 0 Å². The highest BCUT2D eigenvalue weighted by Gasteiger charge is 2.01. The van der Waals surface area contributed by atoms with Gasteiger partial charge in [-0.3, -0.25) is 0 Å². The summed E-state index contributed by atoms with van der Waals surface area (Å²) in [6, 6.07) is 8.40. The third-order valence-electron chi connectivity index (χ3n) is 1.47. The summed E-state index contributed by atoms with van der Waals surface area (Å²) in [5, 5.41) is 0. The van der Waals surface area contributed by atoms with Crippen LogP contribution < -0.4 is 0 Å². The van der Waals surface area contributed by atoms with Crippen LogP contribution >= 0.6 is 11.8 Å². The first-order valence-electron chi connectivity index (χ1n) is 3.22. The molecule has 0 atom stereocenters. The third-order valence-corrected chi connectivity index (χ3v) is 2.39. The van der Waals surface area contributed by atoms with E-state index in [1.807, 2.05) is 0 Å². The lowest BCUT2D eigenvalue weighted by Gasteiger charge is -2.06. The largest absolute Gasteiger partial charge is 0.116 e. The first-order chi connectivity index (χ1) is 4.97. The average molecular weight is 147 g/mol. The molecule has 0 spiro atoms. The van der Waals surface area contributed by atoms with E-state index in [2.05, 4.69) is 42.2 Å². The lowest BCUT2D eigenvalue weighted by Crippen LogP contribution is -1.81. The van der Waals surface area contributed by atoms with E-state index < -0.39 is 0 Å². The predicted molar refractivity (Wildman–Crippen MR) is 45.6 cm³/mol. The molecule has 0 saturated carbocycles. The van der Waals surface area contributed by atoms with Crippen LogP contribution in [-0.4, -0.2) is 0 Å². The molecular weight excluding hydrogens is 140 g/mol. The molecule has 1 radical (unpaired) electrons. The number of benzene rings is 1. The summed E-state index contributed by atoms with van der Waals surface area (Å²) in [6.07, 6.45) is 4.21. The zero-order chi connectivity index (χ0) is 6.81. The van der Waals surface area contributed by atoms with Crippen molar-refractivity contribution >= 4 is 17.8 Å². The maximum absolute atomic E-state index is 2.14.